The van der Waals surface area contributed by atoms with E-state index >= 15 is 0 Å². The number of rotatable bonds is 9. The van der Waals surface area contributed by atoms with Gasteiger partial charge in [0.15, 0.2) is 5.82 Å². The van der Waals surface area contributed by atoms with Crippen molar-refractivity contribution in [2.45, 2.75) is 70.9 Å². The molecule has 1 amide bonds. The van der Waals surface area contributed by atoms with E-state index in [2.05, 4.69) is 53.9 Å². The number of likely N-dealkylation sites (tertiary alicyclic amines) is 1. The van der Waals surface area contributed by atoms with Gasteiger partial charge in [0.25, 0.3) is 5.88 Å². The Morgan fingerprint density at radius 2 is 1.75 bits per heavy atom. The number of hydrogen-bond donors (Lipinski definition) is 0. The van der Waals surface area contributed by atoms with Gasteiger partial charge in [-0.3, -0.25) is 14.6 Å². The third-order valence-electron chi connectivity index (χ3n) is 11.6. The van der Waals surface area contributed by atoms with E-state index in [1.54, 1.807) is 25.4 Å². The minimum Gasteiger partial charge on any atom is -0.434 e. The molecular formula is C36H46FN9O2. The first-order valence-electron chi connectivity index (χ1n) is 17.7. The normalized spacial score (nSPS) is 24.9. The first kappa shape index (κ1) is 31.5. The Morgan fingerprint density at radius 1 is 0.979 bits per heavy atom. The maximum atomic E-state index is 14.6. The van der Waals surface area contributed by atoms with Gasteiger partial charge in [-0.25, -0.2) is 9.37 Å². The molecule has 1 spiro atoms. The maximum absolute atomic E-state index is 14.6. The number of benzene rings is 1. The molecule has 8 rings (SSSR count). The van der Waals surface area contributed by atoms with Crippen molar-refractivity contribution in [1.82, 2.24) is 40.1 Å². The molecule has 0 unspecified atom stereocenters. The Labute approximate surface area is 281 Å². The number of amides is 1. The number of anilines is 1. The van der Waals surface area contributed by atoms with Crippen LogP contribution in [0.15, 0.2) is 36.9 Å². The average Bonchev–Trinajstić information content (AvgIpc) is 3.81. The molecule has 0 radical (unpaired) electrons. The summed E-state index contributed by atoms with van der Waals surface area (Å²) >= 11 is 0. The fourth-order valence-electron chi connectivity index (χ4n) is 9.00. The lowest BCUT2D eigenvalue weighted by atomic mass is 9.68. The summed E-state index contributed by atoms with van der Waals surface area (Å²) in [6.45, 7) is 14.1. The number of nitrogens with zero attached hydrogens (tertiary/aromatic N) is 9. The second kappa shape index (κ2) is 12.6. The summed E-state index contributed by atoms with van der Waals surface area (Å²) < 4.78 is 21.0. The van der Waals surface area contributed by atoms with E-state index in [0.29, 0.717) is 46.9 Å². The summed E-state index contributed by atoms with van der Waals surface area (Å²) in [6.07, 6.45) is 10.8. The van der Waals surface area contributed by atoms with Crippen molar-refractivity contribution in [2.75, 3.05) is 57.3 Å². The molecular weight excluding hydrogens is 609 g/mol. The summed E-state index contributed by atoms with van der Waals surface area (Å²) in [7, 11) is 0. The second-order valence-electron chi connectivity index (χ2n) is 15.2. The standard InChI is InChI=1S/C36H46FN9O2/c1-23(2)33(26-14-28(15-26)44-12-10-43(11-13-44)24(3)47)46-20-36(21-46)8-9-45(19-36)34-35(42-41-22-38-34)48-32-7-6-27(37)16-29(32)31-18-40-39-17-30(31)25-4-5-25/h6-7,16-18,22-23,25-26,28,33H,4-5,8-15,19-21H2,1-3H3/t26?,28?,33-/m0/s1. The highest BCUT2D eigenvalue weighted by Crippen LogP contribution is 2.49. The van der Waals surface area contributed by atoms with E-state index in [9.17, 15) is 9.18 Å². The Kier molecular flexibility index (Phi) is 8.27. The quantitative estimate of drug-likeness (QED) is 0.325. The number of carbonyl (C=O) groups excluding carboxylic acids is 1. The van der Waals surface area contributed by atoms with Gasteiger partial charge in [-0.2, -0.15) is 10.2 Å². The summed E-state index contributed by atoms with van der Waals surface area (Å²) in [5, 5.41) is 16.6. The van der Waals surface area contributed by atoms with Crippen molar-refractivity contribution in [1.29, 1.82) is 0 Å². The van der Waals surface area contributed by atoms with E-state index in [1.165, 1.54) is 31.3 Å². The SMILES string of the molecule is CC(=O)N1CCN(C2CC([C@H](C(C)C)N3CC4(CCN(c5ncnnc5Oc5ccc(F)cc5-c5cnncc5C5CC5)C4)C3)C2)CC1. The molecule has 5 fully saturated rings. The molecule has 12 heteroatoms. The zero-order valence-electron chi connectivity index (χ0n) is 28.3. The highest BCUT2D eigenvalue weighted by molar-refractivity contribution is 5.74. The Balaban J connectivity index is 0.922. The van der Waals surface area contributed by atoms with Crippen molar-refractivity contribution >= 4 is 11.7 Å². The summed E-state index contributed by atoms with van der Waals surface area (Å²) in [5.74, 6) is 3.11. The van der Waals surface area contributed by atoms with Gasteiger partial charge in [-0.1, -0.05) is 13.8 Å². The van der Waals surface area contributed by atoms with Gasteiger partial charge in [0.05, 0.1) is 12.4 Å². The van der Waals surface area contributed by atoms with Crippen molar-refractivity contribution < 1.29 is 13.9 Å². The molecule has 2 saturated carbocycles. The predicted octanol–water partition coefficient (Wildman–Crippen LogP) is 4.62. The van der Waals surface area contributed by atoms with E-state index in [1.807, 2.05) is 4.90 Å². The van der Waals surface area contributed by atoms with Gasteiger partial charge < -0.3 is 14.5 Å². The highest BCUT2D eigenvalue weighted by Gasteiger charge is 2.53. The van der Waals surface area contributed by atoms with Gasteiger partial charge in [0, 0.05) is 87.9 Å². The van der Waals surface area contributed by atoms with Crippen molar-refractivity contribution in [3.8, 4) is 22.8 Å². The smallest absolute Gasteiger partial charge is 0.282 e. The number of halogens is 1. The molecule has 3 aliphatic heterocycles. The molecule has 0 N–H and O–H groups in total. The maximum Gasteiger partial charge on any atom is 0.282 e. The van der Waals surface area contributed by atoms with Gasteiger partial charge >= 0.3 is 0 Å². The molecule has 5 aliphatic rings. The summed E-state index contributed by atoms with van der Waals surface area (Å²) in [5.41, 5.74) is 2.76. The van der Waals surface area contributed by atoms with Gasteiger partial charge in [0.1, 0.15) is 17.9 Å². The third-order valence-corrected chi connectivity index (χ3v) is 11.6. The molecule has 3 saturated heterocycles. The third kappa shape index (κ3) is 6.02. The molecule has 0 bridgehead atoms. The van der Waals surface area contributed by atoms with Crippen LogP contribution in [0.2, 0.25) is 0 Å². The van der Waals surface area contributed by atoms with Gasteiger partial charge in [0.2, 0.25) is 5.91 Å². The van der Waals surface area contributed by atoms with E-state index in [-0.39, 0.29) is 17.1 Å². The molecule has 5 heterocycles. The van der Waals surface area contributed by atoms with E-state index in [0.717, 1.165) is 88.7 Å². The zero-order valence-corrected chi connectivity index (χ0v) is 28.3. The van der Waals surface area contributed by atoms with Crippen LogP contribution < -0.4 is 9.64 Å². The minimum absolute atomic E-state index is 0.195. The molecule has 3 aromatic rings. The topological polar surface area (TPSA) is 104 Å². The van der Waals surface area contributed by atoms with Crippen LogP contribution in [0.3, 0.4) is 0 Å². The fraction of sp³-hybridized carbons (Fsp3) is 0.611. The van der Waals surface area contributed by atoms with Crippen molar-refractivity contribution in [3.05, 3.63) is 48.3 Å². The second-order valence-corrected chi connectivity index (χ2v) is 15.2. The van der Waals surface area contributed by atoms with Crippen LogP contribution in [0.4, 0.5) is 10.2 Å². The van der Waals surface area contributed by atoms with Gasteiger partial charge in [-0.15, -0.1) is 10.2 Å². The highest BCUT2D eigenvalue weighted by atomic mass is 19.1. The number of ether oxygens (including phenoxy) is 1. The molecule has 1 aromatic carbocycles. The molecule has 2 aliphatic carbocycles. The van der Waals surface area contributed by atoms with Crippen molar-refractivity contribution in [3.63, 3.8) is 0 Å². The zero-order chi connectivity index (χ0) is 33.0. The lowest BCUT2D eigenvalue weighted by Gasteiger charge is -2.58. The molecule has 48 heavy (non-hydrogen) atoms. The van der Waals surface area contributed by atoms with E-state index in [4.69, 9.17) is 4.74 Å². The van der Waals surface area contributed by atoms with Crippen LogP contribution >= 0.6 is 0 Å². The van der Waals surface area contributed by atoms with Crippen LogP contribution in [-0.2, 0) is 4.79 Å². The van der Waals surface area contributed by atoms with E-state index < -0.39 is 0 Å². The average molecular weight is 656 g/mol. The fourth-order valence-corrected chi connectivity index (χ4v) is 9.00. The number of carbonyl (C=O) groups is 1. The number of hydrogen-bond acceptors (Lipinski definition) is 10. The monoisotopic (exact) mass is 655 g/mol. The summed E-state index contributed by atoms with van der Waals surface area (Å²) in [4.78, 5) is 26.0. The minimum atomic E-state index is -0.339. The van der Waals surface area contributed by atoms with Crippen LogP contribution in [-0.4, -0.2) is 110 Å². The lowest BCUT2D eigenvalue weighted by Crippen LogP contribution is -2.66. The molecule has 2 aromatic heterocycles. The summed E-state index contributed by atoms with van der Waals surface area (Å²) in [6, 6.07) is 5.81. The van der Waals surface area contributed by atoms with Crippen LogP contribution in [0.5, 0.6) is 11.6 Å². The number of aromatic nitrogens is 5. The molecule has 254 valence electrons. The largest absolute Gasteiger partial charge is 0.434 e. The van der Waals surface area contributed by atoms with Crippen LogP contribution in [0.1, 0.15) is 64.4 Å². The van der Waals surface area contributed by atoms with Crippen LogP contribution in [0.25, 0.3) is 11.1 Å². The molecule has 1 atom stereocenters. The Bertz CT molecular complexity index is 1650. The predicted molar refractivity (Wildman–Crippen MR) is 179 cm³/mol. The first-order valence-corrected chi connectivity index (χ1v) is 17.7. The molecule has 11 nitrogen and oxygen atoms in total. The van der Waals surface area contributed by atoms with Crippen LogP contribution in [0, 0.1) is 23.1 Å². The van der Waals surface area contributed by atoms with Gasteiger partial charge in [-0.05, 0) is 73.6 Å². The Morgan fingerprint density at radius 3 is 2.48 bits per heavy atom. The number of piperazine rings is 1. The van der Waals surface area contributed by atoms with Crippen molar-refractivity contribution in [2.24, 2.45) is 17.3 Å². The lowest BCUT2D eigenvalue weighted by molar-refractivity contribution is -0.132. The first-order chi connectivity index (χ1) is 23.3. The Hall–Kier alpha value is -3.77.